The van der Waals surface area contributed by atoms with Crippen LogP contribution >= 0.6 is 11.6 Å². The summed E-state index contributed by atoms with van der Waals surface area (Å²) in [4.78, 5) is 5.04. The minimum absolute atomic E-state index is 0.0863. The predicted octanol–water partition coefficient (Wildman–Crippen LogP) is 1.93. The summed E-state index contributed by atoms with van der Waals surface area (Å²) >= 11 is 5.89. The summed E-state index contributed by atoms with van der Waals surface area (Å²) in [6.45, 7) is 0.671. The van der Waals surface area contributed by atoms with E-state index in [0.717, 1.165) is 17.3 Å². The number of hydrogen-bond acceptors (Lipinski definition) is 4. The summed E-state index contributed by atoms with van der Waals surface area (Å²) in [6, 6.07) is 6.02. The van der Waals surface area contributed by atoms with E-state index in [1.165, 1.54) is 18.2 Å². The highest BCUT2D eigenvalue weighted by Crippen LogP contribution is 2.27. The van der Waals surface area contributed by atoms with Gasteiger partial charge in [-0.1, -0.05) is 16.1 Å². The Hall–Kier alpha value is -1.13. The Morgan fingerprint density at radius 3 is 2.78 bits per heavy atom. The molecule has 0 bridgehead atoms. The summed E-state index contributed by atoms with van der Waals surface area (Å²) in [5.41, 5.74) is 0.245. The number of hydrogen-bond donors (Lipinski definition) is 0. The molecule has 0 spiro atoms. The molecule has 5 nitrogen and oxygen atoms in total. The molecule has 96 valence electrons. The number of halogens is 1. The Labute approximate surface area is 111 Å². The maximum atomic E-state index is 12.3. The first-order valence-corrected chi connectivity index (χ1v) is 7.23. The van der Waals surface area contributed by atoms with Crippen molar-refractivity contribution in [3.63, 3.8) is 0 Å². The Morgan fingerprint density at radius 2 is 2.17 bits per heavy atom. The van der Waals surface area contributed by atoms with E-state index in [1.807, 2.05) is 6.07 Å². The molecule has 0 saturated carbocycles. The second-order valence-corrected chi connectivity index (χ2v) is 6.03. The lowest BCUT2D eigenvalue weighted by Crippen LogP contribution is -2.35. The number of benzene rings is 1. The zero-order valence-electron chi connectivity index (χ0n) is 9.47. The number of nitrogens with zero attached hydrogens (tertiary/aromatic N) is 2. The normalized spacial score (nSPS) is 17.3. The monoisotopic (exact) mass is 286 g/mol. The molecule has 1 saturated heterocycles. The van der Waals surface area contributed by atoms with E-state index in [-0.39, 0.29) is 15.5 Å². The number of sulfonamides is 1. The van der Waals surface area contributed by atoms with Gasteiger partial charge in [0.05, 0.1) is 23.3 Å². The SMILES string of the molecule is N#Cc1ccc(Cl)c(S(=O)(=O)N2CCCCO2)c1. The molecule has 7 heteroatoms. The Morgan fingerprint density at radius 1 is 1.39 bits per heavy atom. The lowest BCUT2D eigenvalue weighted by Gasteiger charge is -2.25. The van der Waals surface area contributed by atoms with Gasteiger partial charge in [0.25, 0.3) is 10.0 Å². The molecule has 0 N–H and O–H groups in total. The van der Waals surface area contributed by atoms with Crippen LogP contribution in [0.1, 0.15) is 18.4 Å². The van der Waals surface area contributed by atoms with Gasteiger partial charge in [0.15, 0.2) is 0 Å². The highest BCUT2D eigenvalue weighted by molar-refractivity contribution is 7.89. The van der Waals surface area contributed by atoms with Gasteiger partial charge in [0.2, 0.25) is 0 Å². The molecule has 1 aliphatic heterocycles. The van der Waals surface area contributed by atoms with Crippen LogP contribution in [0.4, 0.5) is 0 Å². The van der Waals surface area contributed by atoms with Gasteiger partial charge in [-0.2, -0.15) is 5.26 Å². The van der Waals surface area contributed by atoms with Crippen LogP contribution in [0.2, 0.25) is 5.02 Å². The van der Waals surface area contributed by atoms with E-state index in [0.29, 0.717) is 13.2 Å². The number of nitriles is 1. The fraction of sp³-hybridized carbons (Fsp3) is 0.364. The molecule has 0 aliphatic carbocycles. The molecule has 1 aliphatic rings. The van der Waals surface area contributed by atoms with Gasteiger partial charge in [-0.3, -0.25) is 4.84 Å². The summed E-state index contributed by atoms with van der Waals surface area (Å²) in [7, 11) is -3.80. The fourth-order valence-electron chi connectivity index (χ4n) is 1.64. The van der Waals surface area contributed by atoms with Crippen molar-refractivity contribution in [2.75, 3.05) is 13.2 Å². The maximum Gasteiger partial charge on any atom is 0.266 e. The molecular formula is C11H11ClN2O3S. The van der Waals surface area contributed by atoms with Crippen LogP contribution in [0.5, 0.6) is 0 Å². The van der Waals surface area contributed by atoms with E-state index in [1.54, 1.807) is 0 Å². The van der Waals surface area contributed by atoms with Crippen molar-refractivity contribution in [1.82, 2.24) is 4.47 Å². The van der Waals surface area contributed by atoms with Crippen molar-refractivity contribution in [3.05, 3.63) is 28.8 Å². The Bertz CT molecular complexity index is 589. The largest absolute Gasteiger partial charge is 0.284 e. The first-order chi connectivity index (χ1) is 8.55. The Kier molecular flexibility index (Phi) is 3.88. The maximum absolute atomic E-state index is 12.3. The van der Waals surface area contributed by atoms with Crippen LogP contribution in [0.15, 0.2) is 23.1 Å². The van der Waals surface area contributed by atoms with E-state index in [2.05, 4.69) is 0 Å². The van der Waals surface area contributed by atoms with Crippen LogP contribution in [-0.4, -0.2) is 26.0 Å². The minimum atomic E-state index is -3.80. The van der Waals surface area contributed by atoms with Gasteiger partial charge in [-0.25, -0.2) is 8.42 Å². The highest BCUT2D eigenvalue weighted by Gasteiger charge is 2.29. The standard InChI is InChI=1S/C11H11ClN2O3S/c12-10-4-3-9(8-13)7-11(10)18(15,16)14-5-1-2-6-17-14/h3-4,7H,1-2,5-6H2. The molecular weight excluding hydrogens is 276 g/mol. The fourth-order valence-corrected chi connectivity index (χ4v) is 3.45. The first-order valence-electron chi connectivity index (χ1n) is 5.41. The van der Waals surface area contributed by atoms with Gasteiger partial charge in [0.1, 0.15) is 4.90 Å². The molecule has 0 unspecified atom stereocenters. The average Bonchev–Trinajstić information content (AvgIpc) is 2.40. The van der Waals surface area contributed by atoms with Crippen molar-refractivity contribution < 1.29 is 13.3 Å². The molecule has 1 aromatic rings. The van der Waals surface area contributed by atoms with Gasteiger partial charge in [0, 0.05) is 6.54 Å². The van der Waals surface area contributed by atoms with Crippen molar-refractivity contribution in [3.8, 4) is 6.07 Å². The molecule has 18 heavy (non-hydrogen) atoms. The summed E-state index contributed by atoms with van der Waals surface area (Å²) < 4.78 is 25.5. The summed E-state index contributed by atoms with van der Waals surface area (Å²) in [5, 5.41) is 8.88. The molecule has 1 heterocycles. The summed E-state index contributed by atoms with van der Waals surface area (Å²) in [6.07, 6.45) is 1.58. The van der Waals surface area contributed by atoms with Crippen LogP contribution in [-0.2, 0) is 14.9 Å². The molecule has 0 amide bonds. The molecule has 1 aromatic carbocycles. The number of rotatable bonds is 2. The van der Waals surface area contributed by atoms with Crippen LogP contribution < -0.4 is 0 Å². The molecule has 0 aromatic heterocycles. The minimum Gasteiger partial charge on any atom is -0.284 e. The van der Waals surface area contributed by atoms with Gasteiger partial charge in [-0.15, -0.1) is 0 Å². The second kappa shape index (κ2) is 5.24. The lowest BCUT2D eigenvalue weighted by molar-refractivity contribution is -0.108. The third-order valence-corrected chi connectivity index (χ3v) is 4.74. The second-order valence-electron chi connectivity index (χ2n) is 3.83. The average molecular weight is 287 g/mol. The molecule has 0 radical (unpaired) electrons. The van der Waals surface area contributed by atoms with Crippen LogP contribution in [0, 0.1) is 11.3 Å². The van der Waals surface area contributed by atoms with E-state index >= 15 is 0 Å². The third kappa shape index (κ3) is 2.49. The first kappa shape index (κ1) is 13.3. The van der Waals surface area contributed by atoms with Crippen molar-refractivity contribution in [2.24, 2.45) is 0 Å². The quantitative estimate of drug-likeness (QED) is 0.833. The van der Waals surface area contributed by atoms with Crippen molar-refractivity contribution in [2.45, 2.75) is 17.7 Å². The third-order valence-electron chi connectivity index (χ3n) is 2.58. The summed E-state index contributed by atoms with van der Waals surface area (Å²) in [5.74, 6) is 0. The van der Waals surface area contributed by atoms with E-state index in [4.69, 9.17) is 21.7 Å². The topological polar surface area (TPSA) is 70.4 Å². The van der Waals surface area contributed by atoms with E-state index in [9.17, 15) is 8.42 Å². The van der Waals surface area contributed by atoms with Crippen LogP contribution in [0.25, 0.3) is 0 Å². The molecule has 0 atom stereocenters. The zero-order chi connectivity index (χ0) is 13.2. The highest BCUT2D eigenvalue weighted by atomic mass is 35.5. The van der Waals surface area contributed by atoms with Gasteiger partial charge in [-0.05, 0) is 31.0 Å². The van der Waals surface area contributed by atoms with E-state index < -0.39 is 10.0 Å². The Balaban J connectivity index is 2.43. The molecule has 1 fully saturated rings. The van der Waals surface area contributed by atoms with Gasteiger partial charge >= 0.3 is 0 Å². The van der Waals surface area contributed by atoms with Crippen LogP contribution in [0.3, 0.4) is 0 Å². The smallest absolute Gasteiger partial charge is 0.266 e. The predicted molar refractivity (Wildman–Crippen MR) is 65.2 cm³/mol. The van der Waals surface area contributed by atoms with Crippen molar-refractivity contribution in [1.29, 1.82) is 5.26 Å². The lowest BCUT2D eigenvalue weighted by atomic mass is 10.2. The van der Waals surface area contributed by atoms with Gasteiger partial charge < -0.3 is 0 Å². The number of hydroxylamine groups is 1. The molecule has 2 rings (SSSR count). The van der Waals surface area contributed by atoms with Crippen molar-refractivity contribution >= 4 is 21.6 Å². The zero-order valence-corrected chi connectivity index (χ0v) is 11.0.